The molecule has 1 rings (SSSR count). The number of aliphatic hydroxyl groups excluding tert-OH is 1. The molecule has 4 nitrogen and oxygen atoms in total. The van der Waals surface area contributed by atoms with E-state index in [-0.39, 0.29) is 18.6 Å². The number of hydrogen-bond donors (Lipinski definition) is 2. The highest BCUT2D eigenvalue weighted by Crippen LogP contribution is 2.11. The quantitative estimate of drug-likeness (QED) is 0.632. The summed E-state index contributed by atoms with van der Waals surface area (Å²) in [7, 11) is 0. The van der Waals surface area contributed by atoms with E-state index in [4.69, 9.17) is 10.8 Å². The summed E-state index contributed by atoms with van der Waals surface area (Å²) in [6.45, 7) is 1.97. The third-order valence-electron chi connectivity index (χ3n) is 2.91. The van der Waals surface area contributed by atoms with Crippen molar-refractivity contribution in [3.63, 3.8) is 0 Å². The number of carbonyl (C=O) groups excluding carboxylic acids is 1. The molecule has 88 valence electrons. The molecule has 0 aliphatic carbocycles. The van der Waals surface area contributed by atoms with Gasteiger partial charge in [0.2, 0.25) is 5.91 Å². The van der Waals surface area contributed by atoms with Gasteiger partial charge in [-0.1, -0.05) is 12.8 Å². The minimum absolute atomic E-state index is 0.114. The Morgan fingerprint density at radius 1 is 1.33 bits per heavy atom. The Hall–Kier alpha value is -0.610. The van der Waals surface area contributed by atoms with Crippen molar-refractivity contribution in [3.05, 3.63) is 0 Å². The third kappa shape index (κ3) is 4.18. The van der Waals surface area contributed by atoms with Gasteiger partial charge in [0.1, 0.15) is 0 Å². The molecule has 0 saturated carbocycles. The maximum Gasteiger partial charge on any atom is 0.239 e. The lowest BCUT2D eigenvalue weighted by atomic mass is 10.1. The standard InChI is InChI=1S/C11H22N2O2/c12-10-6-5-8-13(11(10)15)7-3-1-2-4-9-14/h10,14H,1-9,12H2. The van der Waals surface area contributed by atoms with Crippen molar-refractivity contribution in [1.82, 2.24) is 4.90 Å². The van der Waals surface area contributed by atoms with Crippen LogP contribution in [0.3, 0.4) is 0 Å². The van der Waals surface area contributed by atoms with Gasteiger partial charge in [-0.15, -0.1) is 0 Å². The van der Waals surface area contributed by atoms with Gasteiger partial charge in [-0.3, -0.25) is 4.79 Å². The van der Waals surface area contributed by atoms with E-state index in [1.54, 1.807) is 0 Å². The van der Waals surface area contributed by atoms with Crippen LogP contribution < -0.4 is 5.73 Å². The maximum atomic E-state index is 11.6. The summed E-state index contributed by atoms with van der Waals surface area (Å²) in [5.74, 6) is 0.114. The fourth-order valence-corrected chi connectivity index (χ4v) is 1.96. The van der Waals surface area contributed by atoms with E-state index in [9.17, 15) is 4.79 Å². The first kappa shape index (κ1) is 12.5. The molecule has 1 fully saturated rings. The lowest BCUT2D eigenvalue weighted by Crippen LogP contribution is -2.48. The number of carbonyl (C=O) groups is 1. The van der Waals surface area contributed by atoms with Crippen LogP contribution in [0.1, 0.15) is 38.5 Å². The highest BCUT2D eigenvalue weighted by molar-refractivity contribution is 5.82. The molecule has 0 aromatic rings. The molecule has 4 heteroatoms. The van der Waals surface area contributed by atoms with Gasteiger partial charge in [-0.25, -0.2) is 0 Å². The number of nitrogens with zero attached hydrogens (tertiary/aromatic N) is 1. The Morgan fingerprint density at radius 2 is 2.07 bits per heavy atom. The molecule has 1 amide bonds. The van der Waals surface area contributed by atoms with Gasteiger partial charge in [0.25, 0.3) is 0 Å². The van der Waals surface area contributed by atoms with E-state index < -0.39 is 0 Å². The predicted octanol–water partition coefficient (Wildman–Crippen LogP) is 0.489. The van der Waals surface area contributed by atoms with E-state index >= 15 is 0 Å². The van der Waals surface area contributed by atoms with Gasteiger partial charge in [-0.2, -0.15) is 0 Å². The topological polar surface area (TPSA) is 66.6 Å². The predicted molar refractivity (Wildman–Crippen MR) is 59.3 cm³/mol. The molecule has 1 aliphatic rings. The number of likely N-dealkylation sites (tertiary alicyclic amines) is 1. The number of nitrogens with two attached hydrogens (primary N) is 1. The lowest BCUT2D eigenvalue weighted by Gasteiger charge is -2.30. The van der Waals surface area contributed by atoms with Gasteiger partial charge < -0.3 is 15.7 Å². The number of hydrogen-bond acceptors (Lipinski definition) is 3. The van der Waals surface area contributed by atoms with Crippen LogP contribution in [-0.4, -0.2) is 41.7 Å². The van der Waals surface area contributed by atoms with Gasteiger partial charge in [-0.05, 0) is 25.7 Å². The maximum absolute atomic E-state index is 11.6. The van der Waals surface area contributed by atoms with Crippen LogP contribution in [0.25, 0.3) is 0 Å². The Balaban J connectivity index is 2.12. The second kappa shape index (κ2) is 6.80. The Bertz CT molecular complexity index is 197. The van der Waals surface area contributed by atoms with E-state index in [0.29, 0.717) is 0 Å². The van der Waals surface area contributed by atoms with Crippen molar-refractivity contribution < 1.29 is 9.90 Å². The Labute approximate surface area is 91.4 Å². The first-order valence-corrected chi connectivity index (χ1v) is 5.91. The molecule has 0 spiro atoms. The van der Waals surface area contributed by atoms with Crippen molar-refractivity contribution in [1.29, 1.82) is 0 Å². The smallest absolute Gasteiger partial charge is 0.239 e. The summed E-state index contributed by atoms with van der Waals surface area (Å²) in [4.78, 5) is 13.5. The first-order chi connectivity index (χ1) is 7.25. The molecule has 0 bridgehead atoms. The van der Waals surface area contributed by atoms with Gasteiger partial charge >= 0.3 is 0 Å². The van der Waals surface area contributed by atoms with Crippen molar-refractivity contribution in [2.75, 3.05) is 19.7 Å². The molecule has 1 aliphatic heterocycles. The number of unbranched alkanes of at least 4 members (excludes halogenated alkanes) is 3. The zero-order valence-corrected chi connectivity index (χ0v) is 9.32. The molecule has 3 N–H and O–H groups in total. The molecular weight excluding hydrogens is 192 g/mol. The summed E-state index contributed by atoms with van der Waals surface area (Å²) < 4.78 is 0. The lowest BCUT2D eigenvalue weighted by molar-refractivity contribution is -0.134. The van der Waals surface area contributed by atoms with Crippen LogP contribution >= 0.6 is 0 Å². The van der Waals surface area contributed by atoms with Crippen molar-refractivity contribution in [2.24, 2.45) is 5.73 Å². The minimum Gasteiger partial charge on any atom is -0.396 e. The van der Waals surface area contributed by atoms with Crippen LogP contribution in [0.4, 0.5) is 0 Å². The van der Waals surface area contributed by atoms with Gasteiger partial charge in [0, 0.05) is 19.7 Å². The summed E-state index contributed by atoms with van der Waals surface area (Å²) in [6.07, 6.45) is 5.89. The zero-order chi connectivity index (χ0) is 11.1. The van der Waals surface area contributed by atoms with E-state index in [1.807, 2.05) is 4.90 Å². The zero-order valence-electron chi connectivity index (χ0n) is 9.32. The first-order valence-electron chi connectivity index (χ1n) is 5.91. The normalized spacial score (nSPS) is 22.1. The molecule has 1 saturated heterocycles. The van der Waals surface area contributed by atoms with Crippen molar-refractivity contribution >= 4 is 5.91 Å². The number of piperidine rings is 1. The van der Waals surface area contributed by atoms with Crippen LogP contribution in [-0.2, 0) is 4.79 Å². The Kier molecular flexibility index (Phi) is 5.65. The summed E-state index contributed by atoms with van der Waals surface area (Å²) in [6, 6.07) is -0.267. The average Bonchev–Trinajstić information content (AvgIpc) is 2.24. The molecule has 1 atom stereocenters. The van der Waals surface area contributed by atoms with Crippen molar-refractivity contribution in [3.8, 4) is 0 Å². The molecular formula is C11H22N2O2. The van der Waals surface area contributed by atoms with Crippen LogP contribution in [0.15, 0.2) is 0 Å². The summed E-state index contributed by atoms with van der Waals surface area (Å²) in [5, 5.41) is 8.61. The Morgan fingerprint density at radius 3 is 2.80 bits per heavy atom. The molecule has 15 heavy (non-hydrogen) atoms. The van der Waals surface area contributed by atoms with Crippen LogP contribution in [0.5, 0.6) is 0 Å². The molecule has 1 unspecified atom stereocenters. The fraction of sp³-hybridized carbons (Fsp3) is 0.909. The summed E-state index contributed by atoms with van der Waals surface area (Å²) >= 11 is 0. The number of rotatable bonds is 6. The highest BCUT2D eigenvalue weighted by atomic mass is 16.2. The van der Waals surface area contributed by atoms with Gasteiger partial charge in [0.15, 0.2) is 0 Å². The van der Waals surface area contributed by atoms with Gasteiger partial charge in [0.05, 0.1) is 6.04 Å². The molecule has 0 aromatic carbocycles. The number of amides is 1. The van der Waals surface area contributed by atoms with E-state index in [2.05, 4.69) is 0 Å². The molecule has 0 radical (unpaired) electrons. The monoisotopic (exact) mass is 214 g/mol. The molecule has 0 aromatic heterocycles. The minimum atomic E-state index is -0.267. The molecule has 1 heterocycles. The SMILES string of the molecule is NC1CCCN(CCCCCCO)C1=O. The van der Waals surface area contributed by atoms with Crippen LogP contribution in [0, 0.1) is 0 Å². The largest absolute Gasteiger partial charge is 0.396 e. The highest BCUT2D eigenvalue weighted by Gasteiger charge is 2.24. The third-order valence-corrected chi connectivity index (χ3v) is 2.91. The van der Waals surface area contributed by atoms with Crippen molar-refractivity contribution in [2.45, 2.75) is 44.6 Å². The van der Waals surface area contributed by atoms with Crippen LogP contribution in [0.2, 0.25) is 0 Å². The van der Waals surface area contributed by atoms with E-state index in [1.165, 1.54) is 0 Å². The van der Waals surface area contributed by atoms with E-state index in [0.717, 1.165) is 51.6 Å². The second-order valence-electron chi connectivity index (χ2n) is 4.21. The number of aliphatic hydroxyl groups is 1. The average molecular weight is 214 g/mol. The fourth-order valence-electron chi connectivity index (χ4n) is 1.96. The second-order valence-corrected chi connectivity index (χ2v) is 4.21. The summed E-state index contributed by atoms with van der Waals surface area (Å²) in [5.41, 5.74) is 5.70.